The molecular formula is C6H10N4O2S. The van der Waals surface area contributed by atoms with Gasteiger partial charge in [0.25, 0.3) is 0 Å². The average Bonchev–Trinajstić information content (AvgIpc) is 2.15. The minimum Gasteiger partial charge on any atom is -0.465 e. The number of amides is 1. The third kappa shape index (κ3) is 3.32. The van der Waals surface area contributed by atoms with E-state index < -0.39 is 6.09 Å². The van der Waals surface area contributed by atoms with Crippen LogP contribution in [0, 0.1) is 0 Å². The van der Waals surface area contributed by atoms with Gasteiger partial charge in [-0.1, -0.05) is 11.9 Å². The molecule has 0 bridgehead atoms. The Hall–Kier alpha value is -1.24. The van der Waals surface area contributed by atoms with E-state index in [1.54, 1.807) is 6.34 Å². The van der Waals surface area contributed by atoms with Gasteiger partial charge in [0.2, 0.25) is 0 Å². The Morgan fingerprint density at radius 3 is 3.15 bits per heavy atom. The van der Waals surface area contributed by atoms with Crippen LogP contribution < -0.4 is 5.32 Å². The van der Waals surface area contributed by atoms with Gasteiger partial charge in [0.15, 0.2) is 0 Å². The average molecular weight is 202 g/mol. The molecule has 1 amide bonds. The second-order valence-electron chi connectivity index (χ2n) is 2.22. The Labute approximate surface area is 79.9 Å². The summed E-state index contributed by atoms with van der Waals surface area (Å²) in [5.41, 5.74) is 0. The van der Waals surface area contributed by atoms with E-state index in [4.69, 9.17) is 5.11 Å². The van der Waals surface area contributed by atoms with Crippen LogP contribution in [0.15, 0.2) is 9.98 Å². The Bertz CT molecular complexity index is 253. The number of hydrogen-bond donors (Lipinski definition) is 2. The molecule has 0 aromatic heterocycles. The van der Waals surface area contributed by atoms with Gasteiger partial charge in [0, 0.05) is 6.26 Å². The fourth-order valence-corrected chi connectivity index (χ4v) is 1.04. The summed E-state index contributed by atoms with van der Waals surface area (Å²) in [6.45, 7) is 0.676. The van der Waals surface area contributed by atoms with E-state index in [1.165, 1.54) is 11.9 Å². The summed E-state index contributed by atoms with van der Waals surface area (Å²) in [6, 6.07) is 0. The van der Waals surface area contributed by atoms with E-state index in [0.29, 0.717) is 12.5 Å². The van der Waals surface area contributed by atoms with Crippen molar-refractivity contribution in [1.29, 1.82) is 0 Å². The van der Waals surface area contributed by atoms with Crippen molar-refractivity contribution in [2.24, 2.45) is 9.98 Å². The first-order valence-corrected chi connectivity index (χ1v) is 4.75. The van der Waals surface area contributed by atoms with Crippen molar-refractivity contribution in [2.75, 3.05) is 19.5 Å². The topological polar surface area (TPSA) is 77.3 Å². The normalized spacial score (nSPS) is 15.5. The van der Waals surface area contributed by atoms with Crippen molar-refractivity contribution >= 4 is 30.2 Å². The number of amidine groups is 1. The molecule has 13 heavy (non-hydrogen) atoms. The minimum atomic E-state index is -1.06. The third-order valence-corrected chi connectivity index (χ3v) is 2.04. The van der Waals surface area contributed by atoms with Crippen molar-refractivity contribution in [1.82, 2.24) is 9.62 Å². The summed E-state index contributed by atoms with van der Waals surface area (Å²) < 4.78 is 1.84. The van der Waals surface area contributed by atoms with Gasteiger partial charge in [-0.05, 0) is 0 Å². The van der Waals surface area contributed by atoms with Crippen LogP contribution in [0.1, 0.15) is 0 Å². The Balaban J connectivity index is 2.34. The molecule has 0 unspecified atom stereocenters. The zero-order chi connectivity index (χ0) is 9.68. The summed E-state index contributed by atoms with van der Waals surface area (Å²) in [5, 5.41) is 10.5. The maximum absolute atomic E-state index is 10.1. The van der Waals surface area contributed by atoms with Gasteiger partial charge in [-0.25, -0.2) is 14.8 Å². The summed E-state index contributed by atoms with van der Waals surface area (Å²) in [7, 11) is 0. The van der Waals surface area contributed by atoms with Crippen LogP contribution >= 0.6 is 11.9 Å². The Morgan fingerprint density at radius 1 is 1.92 bits per heavy atom. The Morgan fingerprint density at radius 2 is 2.69 bits per heavy atom. The van der Waals surface area contributed by atoms with E-state index in [1.807, 2.05) is 10.6 Å². The first-order valence-electron chi connectivity index (χ1n) is 3.57. The first-order chi connectivity index (χ1) is 6.22. The van der Waals surface area contributed by atoms with Crippen LogP contribution in [0.2, 0.25) is 0 Å². The molecule has 1 aliphatic heterocycles. The highest BCUT2D eigenvalue weighted by Gasteiger charge is 2.06. The number of carbonyl (C=O) groups is 1. The number of nitrogens with zero attached hydrogens (tertiary/aromatic N) is 3. The van der Waals surface area contributed by atoms with E-state index in [9.17, 15) is 4.79 Å². The molecule has 7 heteroatoms. The van der Waals surface area contributed by atoms with Crippen molar-refractivity contribution in [3.8, 4) is 0 Å². The number of rotatable bonds is 3. The predicted octanol–water partition coefficient (Wildman–Crippen LogP) is 0.232. The van der Waals surface area contributed by atoms with Gasteiger partial charge >= 0.3 is 6.09 Å². The van der Waals surface area contributed by atoms with Crippen LogP contribution in [0.25, 0.3) is 0 Å². The summed E-state index contributed by atoms with van der Waals surface area (Å²) in [5.74, 6) is 0.507. The van der Waals surface area contributed by atoms with Gasteiger partial charge in [-0.2, -0.15) is 0 Å². The van der Waals surface area contributed by atoms with Gasteiger partial charge in [0.05, 0.1) is 6.54 Å². The number of carboxylic acid groups (broad SMARTS) is 1. The molecule has 0 radical (unpaired) electrons. The SMILES string of the molecule is CSN1C=NC(CNC(=O)O)=NC1. The second kappa shape index (κ2) is 4.70. The molecule has 0 aliphatic carbocycles. The highest BCUT2D eigenvalue weighted by molar-refractivity contribution is 7.96. The van der Waals surface area contributed by atoms with Gasteiger partial charge < -0.3 is 10.4 Å². The summed E-state index contributed by atoms with van der Waals surface area (Å²) in [4.78, 5) is 18.1. The van der Waals surface area contributed by atoms with Gasteiger partial charge in [0.1, 0.15) is 18.8 Å². The number of aliphatic imine (C=N–C) groups is 2. The first kappa shape index (κ1) is 9.85. The largest absolute Gasteiger partial charge is 0.465 e. The van der Waals surface area contributed by atoms with E-state index >= 15 is 0 Å². The molecule has 0 atom stereocenters. The van der Waals surface area contributed by atoms with Crippen molar-refractivity contribution in [3.05, 3.63) is 0 Å². The smallest absolute Gasteiger partial charge is 0.405 e. The molecule has 0 saturated heterocycles. The van der Waals surface area contributed by atoms with Crippen LogP contribution in [-0.4, -0.2) is 47.1 Å². The highest BCUT2D eigenvalue weighted by Crippen LogP contribution is 2.04. The van der Waals surface area contributed by atoms with E-state index in [0.717, 1.165) is 0 Å². The van der Waals surface area contributed by atoms with Crippen LogP contribution in [-0.2, 0) is 0 Å². The molecule has 72 valence electrons. The van der Waals surface area contributed by atoms with Crippen molar-refractivity contribution < 1.29 is 9.90 Å². The maximum atomic E-state index is 10.1. The standard InChI is InChI=1S/C6H10N4O2S/c1-13-10-3-8-5(9-4-10)2-7-6(11)12/h3,7H,2,4H2,1H3,(H,11,12). The lowest BCUT2D eigenvalue weighted by Gasteiger charge is -2.16. The third-order valence-electron chi connectivity index (χ3n) is 1.36. The summed E-state index contributed by atoms with van der Waals surface area (Å²) >= 11 is 1.51. The quantitative estimate of drug-likeness (QED) is 0.642. The van der Waals surface area contributed by atoms with Crippen LogP contribution in [0.3, 0.4) is 0 Å². The van der Waals surface area contributed by atoms with E-state index in [-0.39, 0.29) is 6.54 Å². The molecule has 0 aromatic rings. The molecule has 2 N–H and O–H groups in total. The van der Waals surface area contributed by atoms with Crippen LogP contribution in [0.4, 0.5) is 4.79 Å². The zero-order valence-corrected chi connectivity index (χ0v) is 7.91. The number of nitrogens with one attached hydrogen (secondary N) is 1. The van der Waals surface area contributed by atoms with Gasteiger partial charge in [-0.3, -0.25) is 4.31 Å². The summed E-state index contributed by atoms with van der Waals surface area (Å²) in [6.07, 6.45) is 2.49. The highest BCUT2D eigenvalue weighted by atomic mass is 32.2. The molecule has 1 rings (SSSR count). The number of hydrogen-bond acceptors (Lipinski definition) is 5. The molecule has 0 spiro atoms. The molecule has 0 saturated carbocycles. The fraction of sp³-hybridized carbons (Fsp3) is 0.500. The van der Waals surface area contributed by atoms with Gasteiger partial charge in [-0.15, -0.1) is 0 Å². The lowest BCUT2D eigenvalue weighted by Crippen LogP contribution is -2.30. The van der Waals surface area contributed by atoms with E-state index in [2.05, 4.69) is 15.3 Å². The molecule has 0 fully saturated rings. The lowest BCUT2D eigenvalue weighted by molar-refractivity contribution is 0.196. The molecular weight excluding hydrogens is 192 g/mol. The monoisotopic (exact) mass is 202 g/mol. The van der Waals surface area contributed by atoms with Crippen LogP contribution in [0.5, 0.6) is 0 Å². The zero-order valence-electron chi connectivity index (χ0n) is 7.10. The predicted molar refractivity (Wildman–Crippen MR) is 52.2 cm³/mol. The maximum Gasteiger partial charge on any atom is 0.405 e. The molecule has 1 aliphatic rings. The molecule has 1 heterocycles. The minimum absolute atomic E-state index is 0.161. The second-order valence-corrected chi connectivity index (χ2v) is 3.05. The van der Waals surface area contributed by atoms with Crippen molar-refractivity contribution in [3.63, 3.8) is 0 Å². The molecule has 6 nitrogen and oxygen atoms in total. The van der Waals surface area contributed by atoms with Crippen molar-refractivity contribution in [2.45, 2.75) is 0 Å². The Kier molecular flexibility index (Phi) is 3.56. The fourth-order valence-electron chi connectivity index (χ4n) is 0.721. The lowest BCUT2D eigenvalue weighted by atomic mass is 10.5. The molecule has 0 aromatic carbocycles.